The minimum Gasteiger partial charge on any atom is -0.504 e. The van der Waals surface area contributed by atoms with Crippen LogP contribution >= 0.6 is 11.5 Å². The normalized spacial score (nSPS) is 10.1. The van der Waals surface area contributed by atoms with Gasteiger partial charge in [0, 0.05) is 13.2 Å². The lowest BCUT2D eigenvalue weighted by Gasteiger charge is -2.06. The lowest BCUT2D eigenvalue weighted by atomic mass is 10.2. The maximum absolute atomic E-state index is 12.1. The highest BCUT2D eigenvalue weighted by Gasteiger charge is 2.18. The van der Waals surface area contributed by atoms with E-state index in [1.807, 2.05) is 0 Å². The van der Waals surface area contributed by atoms with Crippen molar-refractivity contribution in [1.82, 2.24) is 9.36 Å². The van der Waals surface area contributed by atoms with E-state index in [2.05, 4.69) is 20.0 Å². The number of amides is 1. The average molecular weight is 264 g/mol. The molecule has 18 heavy (non-hydrogen) atoms. The van der Waals surface area contributed by atoms with Crippen LogP contribution in [0.4, 0.5) is 10.8 Å². The summed E-state index contributed by atoms with van der Waals surface area (Å²) in [7, 11) is 1.72. The number of hydrogen-bond acceptors (Lipinski definition) is 6. The summed E-state index contributed by atoms with van der Waals surface area (Å²) >= 11 is 1.21. The van der Waals surface area contributed by atoms with Crippen molar-refractivity contribution >= 4 is 28.3 Å². The van der Waals surface area contributed by atoms with Crippen molar-refractivity contribution in [2.45, 2.75) is 6.92 Å². The standard InChI is InChI=1S/C11H12N4O2S/c1-6-8(11(12-2)18-15-6)10(17)14-9-7(16)4-3-5-13-9/h3-5,12,16H,1-2H3,(H,13,14,17). The van der Waals surface area contributed by atoms with Gasteiger partial charge in [0.25, 0.3) is 5.91 Å². The Balaban J connectivity index is 2.28. The molecule has 2 rings (SSSR count). The number of hydrogen-bond donors (Lipinski definition) is 3. The number of carbonyl (C=O) groups is 1. The Bertz CT molecular complexity index is 582. The first-order chi connectivity index (χ1) is 8.63. The largest absolute Gasteiger partial charge is 0.504 e. The van der Waals surface area contributed by atoms with Gasteiger partial charge in [-0.25, -0.2) is 4.98 Å². The Hall–Kier alpha value is -2.15. The molecule has 0 spiro atoms. The molecule has 0 unspecified atom stereocenters. The van der Waals surface area contributed by atoms with E-state index in [4.69, 9.17) is 0 Å². The molecule has 2 aromatic heterocycles. The zero-order chi connectivity index (χ0) is 13.1. The second kappa shape index (κ2) is 5.01. The second-order valence-corrected chi connectivity index (χ2v) is 4.32. The lowest BCUT2D eigenvalue weighted by molar-refractivity contribution is 0.102. The summed E-state index contributed by atoms with van der Waals surface area (Å²) < 4.78 is 4.11. The van der Waals surface area contributed by atoms with Crippen LogP contribution in [0.25, 0.3) is 0 Å². The summed E-state index contributed by atoms with van der Waals surface area (Å²) in [6, 6.07) is 3.04. The van der Waals surface area contributed by atoms with Gasteiger partial charge in [-0.05, 0) is 30.6 Å². The van der Waals surface area contributed by atoms with E-state index < -0.39 is 0 Å². The molecular weight excluding hydrogens is 252 g/mol. The smallest absolute Gasteiger partial charge is 0.261 e. The quantitative estimate of drug-likeness (QED) is 0.787. The third-order valence-corrected chi connectivity index (χ3v) is 3.29. The first-order valence-electron chi connectivity index (χ1n) is 5.23. The zero-order valence-electron chi connectivity index (χ0n) is 9.89. The van der Waals surface area contributed by atoms with Crippen molar-refractivity contribution in [2.24, 2.45) is 0 Å². The maximum Gasteiger partial charge on any atom is 0.261 e. The van der Waals surface area contributed by atoms with E-state index in [0.717, 1.165) is 0 Å². The molecule has 6 nitrogen and oxygen atoms in total. The highest BCUT2D eigenvalue weighted by Crippen LogP contribution is 2.26. The van der Waals surface area contributed by atoms with E-state index in [1.54, 1.807) is 20.0 Å². The molecule has 2 heterocycles. The minimum absolute atomic E-state index is 0.0716. The van der Waals surface area contributed by atoms with Crippen LogP contribution in [0.1, 0.15) is 16.1 Å². The molecule has 94 valence electrons. The second-order valence-electron chi connectivity index (χ2n) is 3.55. The highest BCUT2D eigenvalue weighted by molar-refractivity contribution is 7.10. The number of nitrogens with zero attached hydrogens (tertiary/aromatic N) is 2. The summed E-state index contributed by atoms with van der Waals surface area (Å²) in [6.45, 7) is 1.75. The number of nitrogens with one attached hydrogen (secondary N) is 2. The van der Waals surface area contributed by atoms with Gasteiger partial charge in [0.1, 0.15) is 5.00 Å². The third-order valence-electron chi connectivity index (χ3n) is 2.34. The van der Waals surface area contributed by atoms with Gasteiger partial charge in [0.2, 0.25) is 0 Å². The number of pyridine rings is 1. The molecule has 0 aliphatic rings. The number of aromatic hydroxyl groups is 1. The van der Waals surface area contributed by atoms with Crippen LogP contribution < -0.4 is 10.6 Å². The van der Waals surface area contributed by atoms with Gasteiger partial charge in [-0.15, -0.1) is 0 Å². The van der Waals surface area contributed by atoms with Gasteiger partial charge in [-0.2, -0.15) is 4.37 Å². The summed E-state index contributed by atoms with van der Waals surface area (Å²) in [5, 5.41) is 15.7. The molecule has 0 fully saturated rings. The molecular formula is C11H12N4O2S. The van der Waals surface area contributed by atoms with Crippen LogP contribution in [0.5, 0.6) is 5.75 Å². The first kappa shape index (κ1) is 12.3. The lowest BCUT2D eigenvalue weighted by Crippen LogP contribution is -2.14. The molecule has 0 aliphatic heterocycles. The monoisotopic (exact) mass is 264 g/mol. The predicted octanol–water partition coefficient (Wildman–Crippen LogP) is 1.85. The number of carbonyl (C=O) groups excluding carboxylic acids is 1. The Kier molecular flexibility index (Phi) is 3.42. The molecule has 3 N–H and O–H groups in total. The number of aryl methyl sites for hydroxylation is 1. The van der Waals surface area contributed by atoms with Gasteiger partial charge in [-0.3, -0.25) is 4.79 Å². The van der Waals surface area contributed by atoms with Gasteiger partial charge >= 0.3 is 0 Å². The topological polar surface area (TPSA) is 87.1 Å². The third kappa shape index (κ3) is 2.25. The fourth-order valence-corrected chi connectivity index (χ4v) is 2.21. The van der Waals surface area contributed by atoms with E-state index in [9.17, 15) is 9.90 Å². The van der Waals surface area contributed by atoms with E-state index >= 15 is 0 Å². The average Bonchev–Trinajstić information content (AvgIpc) is 2.73. The van der Waals surface area contributed by atoms with Crippen LogP contribution in [0.3, 0.4) is 0 Å². The zero-order valence-corrected chi connectivity index (χ0v) is 10.7. The molecule has 0 aromatic carbocycles. The van der Waals surface area contributed by atoms with E-state index in [-0.39, 0.29) is 17.5 Å². The van der Waals surface area contributed by atoms with Gasteiger partial charge in [0.15, 0.2) is 11.6 Å². The van der Waals surface area contributed by atoms with Crippen molar-refractivity contribution < 1.29 is 9.90 Å². The molecule has 7 heteroatoms. The highest BCUT2D eigenvalue weighted by atomic mass is 32.1. The number of aromatic nitrogens is 2. The molecule has 0 saturated heterocycles. The van der Waals surface area contributed by atoms with Crippen LogP contribution in [-0.2, 0) is 0 Å². The number of rotatable bonds is 3. The van der Waals surface area contributed by atoms with Crippen molar-refractivity contribution in [1.29, 1.82) is 0 Å². The summed E-state index contributed by atoms with van der Waals surface area (Å²) in [5.74, 6) is -0.285. The molecule has 2 aromatic rings. The van der Waals surface area contributed by atoms with Crippen LogP contribution in [0.2, 0.25) is 0 Å². The van der Waals surface area contributed by atoms with Gasteiger partial charge < -0.3 is 15.7 Å². The van der Waals surface area contributed by atoms with Crippen molar-refractivity contribution in [3.63, 3.8) is 0 Å². The molecule has 0 radical (unpaired) electrons. The van der Waals surface area contributed by atoms with Gasteiger partial charge in [-0.1, -0.05) is 0 Å². The fraction of sp³-hybridized carbons (Fsp3) is 0.182. The summed E-state index contributed by atoms with van der Waals surface area (Å²) in [5.41, 5.74) is 1.10. The fourth-order valence-electron chi connectivity index (χ4n) is 1.47. The van der Waals surface area contributed by atoms with Crippen molar-refractivity contribution in [3.8, 4) is 5.75 Å². The van der Waals surface area contributed by atoms with Gasteiger partial charge in [0.05, 0.1) is 11.3 Å². The molecule has 0 saturated carbocycles. The Labute approximate surface area is 108 Å². The minimum atomic E-state index is -0.348. The van der Waals surface area contributed by atoms with Crippen LogP contribution in [-0.4, -0.2) is 27.4 Å². The summed E-state index contributed by atoms with van der Waals surface area (Å²) in [6.07, 6.45) is 1.49. The molecule has 0 atom stereocenters. The van der Waals surface area contributed by atoms with E-state index in [0.29, 0.717) is 16.3 Å². The molecule has 0 bridgehead atoms. The van der Waals surface area contributed by atoms with Crippen LogP contribution in [0, 0.1) is 6.92 Å². The van der Waals surface area contributed by atoms with E-state index in [1.165, 1.54) is 23.8 Å². The maximum atomic E-state index is 12.1. The Morgan fingerprint density at radius 2 is 2.28 bits per heavy atom. The SMILES string of the molecule is CNc1snc(C)c1C(=O)Nc1ncccc1O. The Morgan fingerprint density at radius 1 is 1.50 bits per heavy atom. The number of anilines is 2. The Morgan fingerprint density at radius 3 is 2.94 bits per heavy atom. The predicted molar refractivity (Wildman–Crippen MR) is 70.3 cm³/mol. The molecule has 1 amide bonds. The van der Waals surface area contributed by atoms with Crippen molar-refractivity contribution in [2.75, 3.05) is 17.7 Å². The van der Waals surface area contributed by atoms with Crippen LogP contribution in [0.15, 0.2) is 18.3 Å². The molecule has 0 aliphatic carbocycles. The van der Waals surface area contributed by atoms with Crippen molar-refractivity contribution in [3.05, 3.63) is 29.6 Å². The summed E-state index contributed by atoms with van der Waals surface area (Å²) in [4.78, 5) is 16.0. The first-order valence-corrected chi connectivity index (χ1v) is 6.00.